The molecule has 1 amide bonds. The molecule has 1 aromatic rings. The minimum Gasteiger partial charge on any atom is -0.455 e. The van der Waals surface area contributed by atoms with Crippen molar-refractivity contribution in [3.8, 4) is 0 Å². The van der Waals surface area contributed by atoms with Crippen molar-refractivity contribution in [1.29, 1.82) is 0 Å². The molecule has 2 N–H and O–H groups in total. The van der Waals surface area contributed by atoms with Gasteiger partial charge in [0.25, 0.3) is 5.91 Å². The highest BCUT2D eigenvalue weighted by Gasteiger charge is 2.25. The molecule has 1 fully saturated rings. The Morgan fingerprint density at radius 2 is 2.41 bits per heavy atom. The highest BCUT2D eigenvalue weighted by Crippen LogP contribution is 2.21. The molecule has 1 saturated heterocycles. The minimum atomic E-state index is 0.00264. The average Bonchev–Trinajstić information content (AvgIpc) is 2.86. The largest absolute Gasteiger partial charge is 0.455 e. The molecule has 0 aromatic carbocycles. The van der Waals surface area contributed by atoms with E-state index >= 15 is 0 Å². The third kappa shape index (κ3) is 2.69. The van der Waals surface area contributed by atoms with Crippen LogP contribution in [0.25, 0.3) is 0 Å². The topological polar surface area (TPSA) is 59.5 Å². The molecule has 2 heterocycles. The molecule has 94 valence electrons. The number of nitrogens with zero attached hydrogens (tertiary/aromatic N) is 1. The van der Waals surface area contributed by atoms with Crippen molar-refractivity contribution in [3.05, 3.63) is 23.7 Å². The van der Waals surface area contributed by atoms with Gasteiger partial charge in [-0.1, -0.05) is 13.3 Å². The molecule has 1 aromatic heterocycles. The maximum absolute atomic E-state index is 12.2. The van der Waals surface area contributed by atoms with Crippen molar-refractivity contribution in [2.75, 3.05) is 13.1 Å². The summed E-state index contributed by atoms with van der Waals surface area (Å²) in [4.78, 5) is 14.1. The van der Waals surface area contributed by atoms with Crippen molar-refractivity contribution in [3.63, 3.8) is 0 Å². The van der Waals surface area contributed by atoms with Crippen molar-refractivity contribution in [2.45, 2.75) is 32.7 Å². The first-order valence-corrected chi connectivity index (χ1v) is 6.32. The van der Waals surface area contributed by atoms with Crippen LogP contribution < -0.4 is 5.73 Å². The molecule has 1 aliphatic heterocycles. The monoisotopic (exact) mass is 236 g/mol. The van der Waals surface area contributed by atoms with Crippen molar-refractivity contribution < 1.29 is 9.21 Å². The lowest BCUT2D eigenvalue weighted by Crippen LogP contribution is -2.39. The Hall–Kier alpha value is -1.29. The summed E-state index contributed by atoms with van der Waals surface area (Å²) < 4.78 is 5.40. The van der Waals surface area contributed by atoms with E-state index in [1.165, 1.54) is 6.42 Å². The second kappa shape index (κ2) is 5.36. The van der Waals surface area contributed by atoms with Crippen LogP contribution in [0.5, 0.6) is 0 Å². The van der Waals surface area contributed by atoms with Crippen molar-refractivity contribution >= 4 is 5.91 Å². The SMILES string of the molecule is CCC1CCCN(C(=O)c2ccc(CN)o2)C1. The number of furan rings is 1. The first-order valence-electron chi connectivity index (χ1n) is 6.32. The maximum Gasteiger partial charge on any atom is 0.289 e. The van der Waals surface area contributed by atoms with Gasteiger partial charge < -0.3 is 15.1 Å². The van der Waals surface area contributed by atoms with E-state index in [4.69, 9.17) is 10.2 Å². The lowest BCUT2D eigenvalue weighted by atomic mass is 9.95. The van der Waals surface area contributed by atoms with Gasteiger partial charge in [0.1, 0.15) is 5.76 Å². The van der Waals surface area contributed by atoms with E-state index in [9.17, 15) is 4.79 Å². The molecule has 1 aliphatic rings. The minimum absolute atomic E-state index is 0.00264. The van der Waals surface area contributed by atoms with Crippen LogP contribution in [0.2, 0.25) is 0 Å². The third-order valence-electron chi connectivity index (χ3n) is 3.46. The zero-order chi connectivity index (χ0) is 12.3. The first kappa shape index (κ1) is 12.2. The van der Waals surface area contributed by atoms with Gasteiger partial charge >= 0.3 is 0 Å². The molecule has 4 nitrogen and oxygen atoms in total. The number of piperidine rings is 1. The van der Waals surface area contributed by atoms with E-state index in [-0.39, 0.29) is 5.91 Å². The van der Waals surface area contributed by atoms with E-state index in [0.29, 0.717) is 24.0 Å². The summed E-state index contributed by atoms with van der Waals surface area (Å²) >= 11 is 0. The number of amides is 1. The Balaban J connectivity index is 2.03. The van der Waals surface area contributed by atoms with Crippen molar-refractivity contribution in [1.82, 2.24) is 4.90 Å². The summed E-state index contributed by atoms with van der Waals surface area (Å²) in [5.41, 5.74) is 5.47. The second-order valence-corrected chi connectivity index (χ2v) is 4.64. The first-order chi connectivity index (χ1) is 8.24. The van der Waals surface area contributed by atoms with Gasteiger partial charge in [0.05, 0.1) is 6.54 Å². The fourth-order valence-corrected chi connectivity index (χ4v) is 2.34. The predicted molar refractivity (Wildman–Crippen MR) is 65.5 cm³/mol. The van der Waals surface area contributed by atoms with E-state index in [1.54, 1.807) is 12.1 Å². The second-order valence-electron chi connectivity index (χ2n) is 4.64. The standard InChI is InChI=1S/C13H20N2O2/c1-2-10-4-3-7-15(9-10)13(16)12-6-5-11(8-14)17-12/h5-6,10H,2-4,7-9,14H2,1H3. The molecule has 0 spiro atoms. The number of nitrogens with two attached hydrogens (primary N) is 1. The fourth-order valence-electron chi connectivity index (χ4n) is 2.34. The normalized spacial score (nSPS) is 20.6. The van der Waals surface area contributed by atoms with E-state index in [2.05, 4.69) is 6.92 Å². The number of likely N-dealkylation sites (tertiary alicyclic amines) is 1. The third-order valence-corrected chi connectivity index (χ3v) is 3.46. The van der Waals surface area contributed by atoms with Gasteiger partial charge in [0, 0.05) is 13.1 Å². The van der Waals surface area contributed by atoms with Crippen LogP contribution in [-0.4, -0.2) is 23.9 Å². The van der Waals surface area contributed by atoms with Gasteiger partial charge in [-0.3, -0.25) is 4.79 Å². The molecule has 2 rings (SSSR count). The quantitative estimate of drug-likeness (QED) is 0.873. The van der Waals surface area contributed by atoms with Gasteiger partial charge in [-0.25, -0.2) is 0 Å². The zero-order valence-electron chi connectivity index (χ0n) is 10.3. The van der Waals surface area contributed by atoms with Crippen LogP contribution in [0, 0.1) is 5.92 Å². The maximum atomic E-state index is 12.2. The van der Waals surface area contributed by atoms with Crippen LogP contribution in [0.3, 0.4) is 0 Å². The summed E-state index contributed by atoms with van der Waals surface area (Å²) in [6.07, 6.45) is 3.46. The molecule has 0 aliphatic carbocycles. The highest BCUT2D eigenvalue weighted by atomic mass is 16.4. The number of carbonyl (C=O) groups is 1. The summed E-state index contributed by atoms with van der Waals surface area (Å²) in [6.45, 7) is 4.21. The predicted octanol–water partition coefficient (Wildman–Crippen LogP) is 2.00. The lowest BCUT2D eigenvalue weighted by molar-refractivity contribution is 0.0637. The Morgan fingerprint density at radius 3 is 3.06 bits per heavy atom. The Kier molecular flexibility index (Phi) is 3.84. The Morgan fingerprint density at radius 1 is 1.59 bits per heavy atom. The Labute approximate surface area is 102 Å². The number of hydrogen-bond donors (Lipinski definition) is 1. The van der Waals surface area contributed by atoms with Gasteiger partial charge in [-0.05, 0) is 30.9 Å². The van der Waals surface area contributed by atoms with E-state index in [0.717, 1.165) is 25.9 Å². The molecule has 0 bridgehead atoms. The summed E-state index contributed by atoms with van der Waals surface area (Å²) in [7, 11) is 0. The molecule has 0 radical (unpaired) electrons. The van der Waals surface area contributed by atoms with E-state index in [1.807, 2.05) is 4.90 Å². The van der Waals surface area contributed by atoms with Crippen molar-refractivity contribution in [2.24, 2.45) is 11.7 Å². The van der Waals surface area contributed by atoms with Gasteiger partial charge in [-0.15, -0.1) is 0 Å². The van der Waals surface area contributed by atoms with Gasteiger partial charge in [0.15, 0.2) is 5.76 Å². The zero-order valence-corrected chi connectivity index (χ0v) is 10.3. The molecule has 4 heteroatoms. The number of rotatable bonds is 3. The smallest absolute Gasteiger partial charge is 0.289 e. The summed E-state index contributed by atoms with van der Waals surface area (Å²) in [6, 6.07) is 3.49. The highest BCUT2D eigenvalue weighted by molar-refractivity contribution is 5.91. The molecule has 0 saturated carbocycles. The van der Waals surface area contributed by atoms with Crippen LogP contribution in [-0.2, 0) is 6.54 Å². The summed E-state index contributed by atoms with van der Waals surface area (Å²) in [5.74, 6) is 1.72. The van der Waals surface area contributed by atoms with E-state index < -0.39 is 0 Å². The van der Waals surface area contributed by atoms with Crippen LogP contribution in [0.4, 0.5) is 0 Å². The van der Waals surface area contributed by atoms with Crippen LogP contribution in [0.15, 0.2) is 16.5 Å². The van der Waals surface area contributed by atoms with Gasteiger partial charge in [0.2, 0.25) is 0 Å². The molecule has 1 atom stereocenters. The van der Waals surface area contributed by atoms with Crippen LogP contribution in [0.1, 0.15) is 42.5 Å². The lowest BCUT2D eigenvalue weighted by Gasteiger charge is -2.31. The molecule has 1 unspecified atom stereocenters. The van der Waals surface area contributed by atoms with Crippen LogP contribution >= 0.6 is 0 Å². The number of carbonyl (C=O) groups excluding carboxylic acids is 1. The number of hydrogen-bond acceptors (Lipinski definition) is 3. The Bertz CT molecular complexity index is 387. The molecular weight excluding hydrogens is 216 g/mol. The summed E-state index contributed by atoms with van der Waals surface area (Å²) in [5, 5.41) is 0. The molecular formula is C13H20N2O2. The molecule has 17 heavy (non-hydrogen) atoms. The van der Waals surface area contributed by atoms with Gasteiger partial charge in [-0.2, -0.15) is 0 Å². The fraction of sp³-hybridized carbons (Fsp3) is 0.615. The average molecular weight is 236 g/mol.